The van der Waals surface area contributed by atoms with E-state index in [4.69, 9.17) is 0 Å². The van der Waals surface area contributed by atoms with Crippen LogP contribution >= 0.6 is 11.8 Å². The van der Waals surface area contributed by atoms with Crippen LogP contribution in [0.25, 0.3) is 0 Å². The van der Waals surface area contributed by atoms with E-state index in [2.05, 4.69) is 13.8 Å². The average molecular weight is 230 g/mol. The highest BCUT2D eigenvalue weighted by Crippen LogP contribution is 2.28. The minimum absolute atomic E-state index is 0.0536. The first-order valence-corrected chi connectivity index (χ1v) is 7.58. The maximum absolute atomic E-state index is 10.1. The van der Waals surface area contributed by atoms with E-state index in [1.54, 1.807) is 0 Å². The van der Waals surface area contributed by atoms with Gasteiger partial charge in [-0.2, -0.15) is 11.8 Å². The molecule has 2 heteroatoms. The van der Waals surface area contributed by atoms with Crippen LogP contribution < -0.4 is 0 Å². The van der Waals surface area contributed by atoms with Crippen molar-refractivity contribution in [1.82, 2.24) is 0 Å². The molecule has 0 aromatic heterocycles. The fraction of sp³-hybridized carbons (Fsp3) is 1.00. The summed E-state index contributed by atoms with van der Waals surface area (Å²) in [5.41, 5.74) is 0. The van der Waals surface area contributed by atoms with Gasteiger partial charge in [-0.15, -0.1) is 0 Å². The predicted octanol–water partition coefficient (Wildman–Crippen LogP) is 3.85. The van der Waals surface area contributed by atoms with Crippen molar-refractivity contribution in [3.8, 4) is 0 Å². The first kappa shape index (κ1) is 13.4. The lowest BCUT2D eigenvalue weighted by Gasteiger charge is -2.22. The fourth-order valence-electron chi connectivity index (χ4n) is 2.21. The summed E-state index contributed by atoms with van der Waals surface area (Å²) in [6, 6.07) is 0. The molecule has 0 radical (unpaired) electrons. The Morgan fingerprint density at radius 1 is 1.20 bits per heavy atom. The molecule has 2 unspecified atom stereocenters. The zero-order valence-electron chi connectivity index (χ0n) is 10.2. The van der Waals surface area contributed by atoms with Gasteiger partial charge in [0.25, 0.3) is 0 Å². The third-order valence-electron chi connectivity index (χ3n) is 3.57. The maximum Gasteiger partial charge on any atom is 0.0658 e. The van der Waals surface area contributed by atoms with Crippen LogP contribution in [0.3, 0.4) is 0 Å². The normalized spacial score (nSPS) is 23.4. The number of hydrogen-bond donors (Lipinski definition) is 1. The number of aliphatic hydroxyl groups excluding tert-OH is 1. The minimum atomic E-state index is -0.0536. The van der Waals surface area contributed by atoms with Gasteiger partial charge in [-0.25, -0.2) is 0 Å². The van der Waals surface area contributed by atoms with Crippen molar-refractivity contribution < 1.29 is 5.11 Å². The van der Waals surface area contributed by atoms with E-state index in [0.29, 0.717) is 11.2 Å². The summed E-state index contributed by atoms with van der Waals surface area (Å²) in [7, 11) is 0. The monoisotopic (exact) mass is 230 g/mol. The third-order valence-corrected chi connectivity index (χ3v) is 5.01. The molecule has 1 rings (SSSR count). The van der Waals surface area contributed by atoms with Crippen LogP contribution in [-0.2, 0) is 0 Å². The molecule has 0 aromatic carbocycles. The van der Waals surface area contributed by atoms with Crippen LogP contribution in [-0.4, -0.2) is 22.2 Å². The summed E-state index contributed by atoms with van der Waals surface area (Å²) in [5.74, 6) is 1.53. The summed E-state index contributed by atoms with van der Waals surface area (Å²) in [5, 5.41) is 10.8. The smallest absolute Gasteiger partial charge is 0.0658 e. The van der Waals surface area contributed by atoms with E-state index in [0.717, 1.165) is 5.75 Å². The van der Waals surface area contributed by atoms with Gasteiger partial charge in [0.15, 0.2) is 0 Å². The molecule has 2 atom stereocenters. The van der Waals surface area contributed by atoms with E-state index in [9.17, 15) is 5.11 Å². The van der Waals surface area contributed by atoms with Gasteiger partial charge in [-0.05, 0) is 25.2 Å². The zero-order valence-corrected chi connectivity index (χ0v) is 11.1. The lowest BCUT2D eigenvalue weighted by molar-refractivity contribution is 0.120. The van der Waals surface area contributed by atoms with Gasteiger partial charge in [0, 0.05) is 11.0 Å². The Balaban J connectivity index is 2.22. The standard InChI is InChI=1S/C13H26OS/c1-3-11(2)15-10-13(14)12-8-6-4-5-7-9-12/h11-14H,3-10H2,1-2H3. The van der Waals surface area contributed by atoms with Gasteiger partial charge in [0.05, 0.1) is 6.10 Å². The lowest BCUT2D eigenvalue weighted by Crippen LogP contribution is -2.23. The molecule has 90 valence electrons. The number of hydrogen-bond acceptors (Lipinski definition) is 2. The first-order chi connectivity index (χ1) is 7.24. The van der Waals surface area contributed by atoms with Crippen LogP contribution in [0.15, 0.2) is 0 Å². The van der Waals surface area contributed by atoms with Gasteiger partial charge in [-0.1, -0.05) is 39.5 Å². The quantitative estimate of drug-likeness (QED) is 0.724. The van der Waals surface area contributed by atoms with Crippen LogP contribution in [0.1, 0.15) is 58.8 Å². The Morgan fingerprint density at radius 3 is 2.33 bits per heavy atom. The Hall–Kier alpha value is 0.310. The van der Waals surface area contributed by atoms with Gasteiger partial charge in [0.1, 0.15) is 0 Å². The van der Waals surface area contributed by atoms with Gasteiger partial charge < -0.3 is 5.11 Å². The molecule has 0 amide bonds. The lowest BCUT2D eigenvalue weighted by atomic mass is 9.95. The van der Waals surface area contributed by atoms with E-state index >= 15 is 0 Å². The molecule has 15 heavy (non-hydrogen) atoms. The fourth-order valence-corrected chi connectivity index (χ4v) is 3.25. The largest absolute Gasteiger partial charge is 0.392 e. The molecule has 0 bridgehead atoms. The van der Waals surface area contributed by atoms with Crippen molar-refractivity contribution in [3.63, 3.8) is 0 Å². The molecule has 1 nitrogen and oxygen atoms in total. The molecule has 1 saturated carbocycles. The minimum Gasteiger partial charge on any atom is -0.392 e. The van der Waals surface area contributed by atoms with Crippen LogP contribution in [0, 0.1) is 5.92 Å². The second-order valence-corrected chi connectivity index (χ2v) is 6.34. The summed E-state index contributed by atoms with van der Waals surface area (Å²) < 4.78 is 0. The van der Waals surface area contributed by atoms with Crippen molar-refractivity contribution in [2.75, 3.05) is 5.75 Å². The van der Waals surface area contributed by atoms with Crippen molar-refractivity contribution in [3.05, 3.63) is 0 Å². The Kier molecular flexibility index (Phi) is 6.74. The van der Waals surface area contributed by atoms with E-state index < -0.39 is 0 Å². The molecule has 0 aromatic rings. The van der Waals surface area contributed by atoms with E-state index in [1.807, 2.05) is 11.8 Å². The second kappa shape index (κ2) is 7.56. The topological polar surface area (TPSA) is 20.2 Å². The molecule has 0 aliphatic heterocycles. The molecule has 1 fully saturated rings. The summed E-state index contributed by atoms with van der Waals surface area (Å²) in [6.45, 7) is 4.47. The summed E-state index contributed by atoms with van der Waals surface area (Å²) in [6.07, 6.45) is 9.07. The highest BCUT2D eigenvalue weighted by molar-refractivity contribution is 7.99. The van der Waals surface area contributed by atoms with E-state index in [1.165, 1.54) is 44.9 Å². The highest BCUT2D eigenvalue weighted by atomic mass is 32.2. The SMILES string of the molecule is CCC(C)SCC(O)C1CCCCCC1. The summed E-state index contributed by atoms with van der Waals surface area (Å²) >= 11 is 1.93. The van der Waals surface area contributed by atoms with Gasteiger partial charge in [0.2, 0.25) is 0 Å². The number of thioether (sulfide) groups is 1. The molecule has 1 aliphatic rings. The zero-order chi connectivity index (χ0) is 11.1. The molecular formula is C13H26OS. The van der Waals surface area contributed by atoms with Crippen molar-refractivity contribution >= 4 is 11.8 Å². The predicted molar refractivity (Wildman–Crippen MR) is 69.4 cm³/mol. The Morgan fingerprint density at radius 2 is 1.80 bits per heavy atom. The Bertz CT molecular complexity index is 153. The summed E-state index contributed by atoms with van der Waals surface area (Å²) in [4.78, 5) is 0. The highest BCUT2D eigenvalue weighted by Gasteiger charge is 2.20. The van der Waals surface area contributed by atoms with Crippen molar-refractivity contribution in [1.29, 1.82) is 0 Å². The molecular weight excluding hydrogens is 204 g/mol. The van der Waals surface area contributed by atoms with Crippen LogP contribution in [0.4, 0.5) is 0 Å². The molecule has 0 spiro atoms. The first-order valence-electron chi connectivity index (χ1n) is 6.53. The van der Waals surface area contributed by atoms with Gasteiger partial charge in [-0.3, -0.25) is 0 Å². The van der Waals surface area contributed by atoms with Crippen LogP contribution in [0.5, 0.6) is 0 Å². The van der Waals surface area contributed by atoms with Crippen LogP contribution in [0.2, 0.25) is 0 Å². The maximum atomic E-state index is 10.1. The van der Waals surface area contributed by atoms with Crippen molar-refractivity contribution in [2.45, 2.75) is 70.1 Å². The average Bonchev–Trinajstić information content (AvgIpc) is 2.53. The molecule has 0 saturated heterocycles. The molecule has 1 N–H and O–H groups in total. The molecule has 0 heterocycles. The van der Waals surface area contributed by atoms with Gasteiger partial charge >= 0.3 is 0 Å². The van der Waals surface area contributed by atoms with E-state index in [-0.39, 0.29) is 6.10 Å². The second-order valence-electron chi connectivity index (χ2n) is 4.87. The third kappa shape index (κ3) is 5.26. The number of aliphatic hydroxyl groups is 1. The molecule has 1 aliphatic carbocycles. The number of rotatable bonds is 5. The van der Waals surface area contributed by atoms with Crippen molar-refractivity contribution in [2.24, 2.45) is 5.92 Å². The Labute approximate surface area is 99.0 Å².